The van der Waals surface area contributed by atoms with Crippen LogP contribution in [0.25, 0.3) is 0 Å². The van der Waals surface area contributed by atoms with Crippen molar-refractivity contribution < 1.29 is 9.32 Å². The number of ketones is 1. The molecule has 0 saturated carbocycles. The number of carbonyl (C=O) groups is 1. The van der Waals surface area contributed by atoms with Crippen molar-refractivity contribution in [2.45, 2.75) is 64.6 Å². The highest BCUT2D eigenvalue weighted by molar-refractivity contribution is 5.96. The van der Waals surface area contributed by atoms with Gasteiger partial charge in [0.15, 0.2) is 11.6 Å². The SMILES string of the molecule is CC(=O)c1c(C)nn(Cc2nc([C@H]3C[C@@H](c4ccccc4)N4CCC[C@H]34)no2)c1C. The first-order valence-electron chi connectivity index (χ1n) is 10.7. The average Bonchev–Trinajstić information content (AvgIpc) is 3.48. The minimum absolute atomic E-state index is 0.0294. The number of carbonyl (C=O) groups excluding carboxylic acids is 1. The molecule has 0 radical (unpaired) electrons. The van der Waals surface area contributed by atoms with Crippen LogP contribution < -0.4 is 0 Å². The molecule has 0 amide bonds. The molecular weight excluding hydrogens is 378 g/mol. The van der Waals surface area contributed by atoms with Crippen molar-refractivity contribution in [3.8, 4) is 0 Å². The van der Waals surface area contributed by atoms with Crippen LogP contribution in [-0.2, 0) is 6.54 Å². The second-order valence-corrected chi connectivity index (χ2v) is 8.52. The molecule has 0 aliphatic carbocycles. The number of Topliss-reactive ketones (excluding diaryl/α,β-unsaturated/α-hetero) is 1. The molecule has 1 aromatic carbocycles. The predicted octanol–water partition coefficient (Wildman–Crippen LogP) is 3.83. The minimum atomic E-state index is 0.0294. The van der Waals surface area contributed by atoms with Crippen LogP contribution in [0.3, 0.4) is 0 Å². The Morgan fingerprint density at radius 2 is 2.03 bits per heavy atom. The summed E-state index contributed by atoms with van der Waals surface area (Å²) < 4.78 is 7.39. The quantitative estimate of drug-likeness (QED) is 0.601. The van der Waals surface area contributed by atoms with Gasteiger partial charge >= 0.3 is 0 Å². The molecule has 0 N–H and O–H groups in total. The summed E-state index contributed by atoms with van der Waals surface area (Å²) in [4.78, 5) is 19.2. The van der Waals surface area contributed by atoms with Gasteiger partial charge in [-0.15, -0.1) is 0 Å². The normalized spacial score (nSPS) is 23.8. The summed E-state index contributed by atoms with van der Waals surface area (Å²) in [5, 5.41) is 8.85. The van der Waals surface area contributed by atoms with Gasteiger partial charge in [-0.1, -0.05) is 35.5 Å². The van der Waals surface area contributed by atoms with Gasteiger partial charge in [-0.05, 0) is 52.1 Å². The lowest BCUT2D eigenvalue weighted by Gasteiger charge is -2.24. The summed E-state index contributed by atoms with van der Waals surface area (Å²) in [7, 11) is 0. The fourth-order valence-corrected chi connectivity index (χ4v) is 5.42. The van der Waals surface area contributed by atoms with E-state index in [2.05, 4.69) is 45.5 Å². The van der Waals surface area contributed by atoms with Crippen molar-refractivity contribution in [1.82, 2.24) is 24.8 Å². The molecule has 3 aromatic rings. The molecule has 2 fully saturated rings. The molecule has 7 heteroatoms. The van der Waals surface area contributed by atoms with Crippen LogP contribution in [0.4, 0.5) is 0 Å². The molecule has 2 aliphatic rings. The lowest BCUT2D eigenvalue weighted by Crippen LogP contribution is -2.27. The number of rotatable bonds is 5. The molecule has 5 rings (SSSR count). The fourth-order valence-electron chi connectivity index (χ4n) is 5.42. The number of fused-ring (bicyclic) bond motifs is 1. The van der Waals surface area contributed by atoms with E-state index < -0.39 is 0 Å². The molecule has 2 aliphatic heterocycles. The Kier molecular flexibility index (Phi) is 4.77. The predicted molar refractivity (Wildman–Crippen MR) is 111 cm³/mol. The number of nitrogens with zero attached hydrogens (tertiary/aromatic N) is 5. The van der Waals surface area contributed by atoms with Gasteiger partial charge < -0.3 is 4.52 Å². The van der Waals surface area contributed by atoms with E-state index in [0.717, 1.165) is 30.2 Å². The third-order valence-corrected chi connectivity index (χ3v) is 6.70. The average molecular weight is 406 g/mol. The third-order valence-electron chi connectivity index (χ3n) is 6.70. The van der Waals surface area contributed by atoms with Gasteiger partial charge in [-0.25, -0.2) is 0 Å². The van der Waals surface area contributed by atoms with Gasteiger partial charge in [-0.3, -0.25) is 14.4 Å². The van der Waals surface area contributed by atoms with Gasteiger partial charge in [-0.2, -0.15) is 10.1 Å². The maximum Gasteiger partial charge on any atom is 0.248 e. The van der Waals surface area contributed by atoms with Crippen molar-refractivity contribution in [3.05, 3.63) is 64.6 Å². The zero-order valence-electron chi connectivity index (χ0n) is 17.7. The summed E-state index contributed by atoms with van der Waals surface area (Å²) >= 11 is 0. The largest absolute Gasteiger partial charge is 0.337 e. The van der Waals surface area contributed by atoms with E-state index in [1.165, 1.54) is 18.4 Å². The first-order chi connectivity index (χ1) is 14.5. The standard InChI is InChI=1S/C23H27N5O2/c1-14-22(16(3)29)15(2)28(25-14)13-21-24-23(26-30-21)18-12-20(17-8-5-4-6-9-17)27-11-7-10-19(18)27/h4-6,8-9,18-20H,7,10-13H2,1-3H3/t18-,19+,20-/m0/s1. The maximum absolute atomic E-state index is 11.9. The molecule has 7 nitrogen and oxygen atoms in total. The van der Waals surface area contributed by atoms with Crippen LogP contribution in [0.5, 0.6) is 0 Å². The van der Waals surface area contributed by atoms with Gasteiger partial charge in [0.1, 0.15) is 6.54 Å². The smallest absolute Gasteiger partial charge is 0.248 e. The number of aromatic nitrogens is 4. The van der Waals surface area contributed by atoms with Gasteiger partial charge in [0, 0.05) is 23.7 Å². The van der Waals surface area contributed by atoms with Crippen LogP contribution in [0.15, 0.2) is 34.9 Å². The van der Waals surface area contributed by atoms with Crippen LogP contribution >= 0.6 is 0 Å². The number of hydrogen-bond donors (Lipinski definition) is 0. The summed E-state index contributed by atoms with van der Waals surface area (Å²) in [6.45, 7) is 6.85. The lowest BCUT2D eigenvalue weighted by atomic mass is 9.94. The Balaban J connectivity index is 1.38. The van der Waals surface area contributed by atoms with E-state index in [1.807, 2.05) is 13.8 Å². The molecule has 30 heavy (non-hydrogen) atoms. The molecule has 0 bridgehead atoms. The van der Waals surface area contributed by atoms with Crippen LogP contribution in [-0.4, -0.2) is 43.2 Å². The third kappa shape index (κ3) is 3.17. The van der Waals surface area contributed by atoms with Crippen molar-refractivity contribution in [1.29, 1.82) is 0 Å². The van der Waals surface area contributed by atoms with Gasteiger partial charge in [0.05, 0.1) is 11.3 Å². The fraction of sp³-hybridized carbons (Fsp3) is 0.478. The topological polar surface area (TPSA) is 77.1 Å². The maximum atomic E-state index is 11.9. The van der Waals surface area contributed by atoms with Crippen molar-refractivity contribution >= 4 is 5.78 Å². The van der Waals surface area contributed by atoms with Gasteiger partial charge in [0.2, 0.25) is 5.89 Å². The number of aryl methyl sites for hydroxylation is 1. The molecule has 2 saturated heterocycles. The summed E-state index contributed by atoms with van der Waals surface area (Å²) in [6.07, 6.45) is 3.41. The monoisotopic (exact) mass is 405 g/mol. The first kappa shape index (κ1) is 19.2. The molecular formula is C23H27N5O2. The van der Waals surface area contributed by atoms with Crippen molar-refractivity contribution in [3.63, 3.8) is 0 Å². The molecule has 2 aromatic heterocycles. The van der Waals surface area contributed by atoms with Crippen LogP contribution in [0, 0.1) is 13.8 Å². The van der Waals surface area contributed by atoms with E-state index in [-0.39, 0.29) is 11.7 Å². The molecule has 0 unspecified atom stereocenters. The van der Waals surface area contributed by atoms with Gasteiger partial charge in [0.25, 0.3) is 0 Å². The van der Waals surface area contributed by atoms with E-state index in [9.17, 15) is 4.79 Å². The Labute approximate surface area is 176 Å². The van der Waals surface area contributed by atoms with Crippen LogP contribution in [0.2, 0.25) is 0 Å². The molecule has 3 atom stereocenters. The highest BCUT2D eigenvalue weighted by Crippen LogP contribution is 2.48. The summed E-state index contributed by atoms with van der Waals surface area (Å²) in [5.74, 6) is 1.65. The second kappa shape index (κ2) is 7.47. The molecule has 0 spiro atoms. The van der Waals surface area contributed by atoms with E-state index in [0.29, 0.717) is 30.1 Å². The summed E-state index contributed by atoms with van der Waals surface area (Å²) in [6, 6.07) is 11.6. The second-order valence-electron chi connectivity index (χ2n) is 8.52. The van der Waals surface area contributed by atoms with Crippen LogP contribution in [0.1, 0.15) is 77.2 Å². The lowest BCUT2D eigenvalue weighted by molar-refractivity contribution is 0.101. The highest BCUT2D eigenvalue weighted by Gasteiger charge is 2.46. The Hall–Kier alpha value is -2.80. The first-order valence-corrected chi connectivity index (χ1v) is 10.7. The van der Waals surface area contributed by atoms with E-state index >= 15 is 0 Å². The zero-order valence-corrected chi connectivity index (χ0v) is 17.7. The van der Waals surface area contributed by atoms with E-state index in [4.69, 9.17) is 9.51 Å². The Morgan fingerprint density at radius 1 is 1.23 bits per heavy atom. The van der Waals surface area contributed by atoms with Crippen molar-refractivity contribution in [2.75, 3.05) is 6.54 Å². The number of benzene rings is 1. The minimum Gasteiger partial charge on any atom is -0.337 e. The Morgan fingerprint density at radius 3 is 2.77 bits per heavy atom. The Bertz CT molecular complexity index is 1070. The molecule has 4 heterocycles. The van der Waals surface area contributed by atoms with Crippen molar-refractivity contribution in [2.24, 2.45) is 0 Å². The van der Waals surface area contributed by atoms with E-state index in [1.54, 1.807) is 11.6 Å². The zero-order chi connectivity index (χ0) is 20.8. The summed E-state index contributed by atoms with van der Waals surface area (Å²) in [5.41, 5.74) is 3.63. The highest BCUT2D eigenvalue weighted by atomic mass is 16.5. The molecule has 156 valence electrons. The number of hydrogen-bond acceptors (Lipinski definition) is 6.